The van der Waals surface area contributed by atoms with E-state index in [0.29, 0.717) is 0 Å². The van der Waals surface area contributed by atoms with Gasteiger partial charge in [-0.25, -0.2) is 0 Å². The van der Waals surface area contributed by atoms with Gasteiger partial charge >= 0.3 is 27.7 Å². The molecule has 1 radical (unpaired) electrons. The summed E-state index contributed by atoms with van der Waals surface area (Å²) in [5.41, 5.74) is 1.26. The minimum Gasteiger partial charge on any atom is -1.00 e. The van der Waals surface area contributed by atoms with Crippen molar-refractivity contribution in [2.45, 2.75) is 6.92 Å². The Balaban J connectivity index is 0. The molecule has 0 nitrogen and oxygen atoms in total. The standard InChI is InChI=1S/C9H10.Hg.HI/c1-2-6-9-7-4-3-5-8-9;;/h2-8H,1H3;;1H/q;+1;/p-1/b6-2+;;. The van der Waals surface area contributed by atoms with Gasteiger partial charge in [-0.3, -0.25) is 0 Å². The first-order chi connectivity index (χ1) is 4.43. The van der Waals surface area contributed by atoms with Gasteiger partial charge in [0.15, 0.2) is 0 Å². The molecule has 55 valence electrons. The second-order valence-electron chi connectivity index (χ2n) is 1.91. The fourth-order valence-corrected chi connectivity index (χ4v) is 0.757. The van der Waals surface area contributed by atoms with Gasteiger partial charge in [-0.15, -0.1) is 0 Å². The van der Waals surface area contributed by atoms with Crippen LogP contribution in [0.25, 0.3) is 6.08 Å². The third kappa shape index (κ3) is 5.85. The Labute approximate surface area is 106 Å². The topological polar surface area (TPSA) is 0 Å². The average Bonchev–Trinajstić information content (AvgIpc) is 1.91. The van der Waals surface area contributed by atoms with Gasteiger partial charge in [-0.1, -0.05) is 42.5 Å². The molecule has 0 heterocycles. The van der Waals surface area contributed by atoms with Crippen LogP contribution in [0.5, 0.6) is 0 Å². The minimum atomic E-state index is 0. The van der Waals surface area contributed by atoms with Crippen LogP contribution >= 0.6 is 0 Å². The summed E-state index contributed by atoms with van der Waals surface area (Å²) in [5.74, 6) is 0. The Kier molecular flexibility index (Phi) is 11.2. The number of hydrogen-bond acceptors (Lipinski definition) is 0. The fraction of sp³-hybridized carbons (Fsp3) is 0.111. The Morgan fingerprint density at radius 1 is 1.09 bits per heavy atom. The molecule has 0 saturated heterocycles. The van der Waals surface area contributed by atoms with Crippen molar-refractivity contribution in [3.05, 3.63) is 42.0 Å². The van der Waals surface area contributed by atoms with Gasteiger partial charge in [0.25, 0.3) is 0 Å². The molecule has 0 aromatic heterocycles. The summed E-state index contributed by atoms with van der Waals surface area (Å²) in [5, 5.41) is 0. The summed E-state index contributed by atoms with van der Waals surface area (Å²) in [6.45, 7) is 2.02. The first kappa shape index (κ1) is 14.2. The van der Waals surface area contributed by atoms with E-state index in [1.807, 2.05) is 31.2 Å². The van der Waals surface area contributed by atoms with Crippen LogP contribution in [0.3, 0.4) is 0 Å². The van der Waals surface area contributed by atoms with Crippen LogP contribution in [0, 0.1) is 0 Å². The molecule has 0 N–H and O–H groups in total. The van der Waals surface area contributed by atoms with E-state index in [2.05, 4.69) is 18.2 Å². The van der Waals surface area contributed by atoms with Crippen molar-refractivity contribution in [3.63, 3.8) is 0 Å². The third-order valence-corrected chi connectivity index (χ3v) is 1.16. The molecule has 1 aromatic rings. The minimum absolute atomic E-state index is 0. The number of benzene rings is 1. The summed E-state index contributed by atoms with van der Waals surface area (Å²) < 4.78 is 0. The van der Waals surface area contributed by atoms with Crippen molar-refractivity contribution in [2.24, 2.45) is 0 Å². The quantitative estimate of drug-likeness (QED) is 0.412. The molecule has 11 heavy (non-hydrogen) atoms. The van der Waals surface area contributed by atoms with E-state index >= 15 is 0 Å². The van der Waals surface area contributed by atoms with Gasteiger partial charge in [0, 0.05) is 0 Å². The molecule has 1 aromatic carbocycles. The summed E-state index contributed by atoms with van der Waals surface area (Å²) in [6.07, 6.45) is 4.12. The number of halogens is 1. The molecule has 0 unspecified atom stereocenters. The molecule has 2 heteroatoms. The molecule has 0 fully saturated rings. The normalized spacial score (nSPS) is 8.45. The van der Waals surface area contributed by atoms with Crippen molar-refractivity contribution in [1.82, 2.24) is 0 Å². The van der Waals surface area contributed by atoms with Crippen LogP contribution in [0.4, 0.5) is 0 Å². The monoisotopic (exact) mass is 447 g/mol. The number of rotatable bonds is 1. The molecule has 0 spiro atoms. The van der Waals surface area contributed by atoms with E-state index in [9.17, 15) is 0 Å². The molecular weight excluding hydrogens is 436 g/mol. The van der Waals surface area contributed by atoms with Crippen LogP contribution in [0.2, 0.25) is 0 Å². The summed E-state index contributed by atoms with van der Waals surface area (Å²) in [4.78, 5) is 0. The maximum Gasteiger partial charge on any atom is 1.00 e. The summed E-state index contributed by atoms with van der Waals surface area (Å²) in [7, 11) is 0. The smallest absolute Gasteiger partial charge is 1.00 e. The molecule has 0 atom stereocenters. The summed E-state index contributed by atoms with van der Waals surface area (Å²) in [6, 6.07) is 10.3. The third-order valence-electron chi connectivity index (χ3n) is 1.16. The van der Waals surface area contributed by atoms with E-state index in [1.54, 1.807) is 0 Å². The van der Waals surface area contributed by atoms with Crippen molar-refractivity contribution in [3.8, 4) is 0 Å². The second-order valence-corrected chi connectivity index (χ2v) is 1.91. The Morgan fingerprint density at radius 3 is 2.09 bits per heavy atom. The molecule has 0 aliphatic rings. The van der Waals surface area contributed by atoms with Crippen molar-refractivity contribution < 1.29 is 51.6 Å². The molecule has 0 amide bonds. The number of allylic oxidation sites excluding steroid dienone is 1. The van der Waals surface area contributed by atoms with Gasteiger partial charge in [-0.05, 0) is 12.5 Å². The largest absolute Gasteiger partial charge is 1.00 e. The van der Waals surface area contributed by atoms with Crippen LogP contribution < -0.4 is 24.0 Å². The maximum atomic E-state index is 2.08. The number of hydrogen-bond donors (Lipinski definition) is 0. The first-order valence-electron chi connectivity index (χ1n) is 3.11. The molecule has 1 rings (SSSR count). The molecular formula is C9H10HgI. The van der Waals surface area contributed by atoms with Crippen molar-refractivity contribution in [2.75, 3.05) is 0 Å². The van der Waals surface area contributed by atoms with E-state index in [0.717, 1.165) is 0 Å². The Hall–Kier alpha value is 0.625. The van der Waals surface area contributed by atoms with Crippen LogP contribution in [0.15, 0.2) is 36.4 Å². The summed E-state index contributed by atoms with van der Waals surface area (Å²) >= 11 is 0. The van der Waals surface area contributed by atoms with Gasteiger partial charge in [0.1, 0.15) is 0 Å². The van der Waals surface area contributed by atoms with Gasteiger partial charge in [0.2, 0.25) is 0 Å². The average molecular weight is 446 g/mol. The van der Waals surface area contributed by atoms with Gasteiger partial charge in [0.05, 0.1) is 0 Å². The van der Waals surface area contributed by atoms with Crippen LogP contribution in [-0.4, -0.2) is 0 Å². The predicted molar refractivity (Wildman–Crippen MR) is 41.2 cm³/mol. The predicted octanol–water partition coefficient (Wildman–Crippen LogP) is -0.279. The van der Waals surface area contributed by atoms with Crippen molar-refractivity contribution in [1.29, 1.82) is 0 Å². The maximum absolute atomic E-state index is 2.08. The zero-order valence-corrected chi connectivity index (χ0v) is 14.3. The van der Waals surface area contributed by atoms with Crippen molar-refractivity contribution >= 4 is 6.08 Å². The zero-order valence-electron chi connectivity index (χ0n) is 6.63. The SMILES string of the molecule is C/C=C/c1ccccc1.[Hg+].[I-]. The van der Waals surface area contributed by atoms with Gasteiger partial charge < -0.3 is 24.0 Å². The fourth-order valence-electron chi connectivity index (χ4n) is 0.757. The van der Waals surface area contributed by atoms with E-state index in [4.69, 9.17) is 0 Å². The Morgan fingerprint density at radius 2 is 1.64 bits per heavy atom. The van der Waals surface area contributed by atoms with Gasteiger partial charge in [-0.2, -0.15) is 0 Å². The molecule has 0 aliphatic heterocycles. The van der Waals surface area contributed by atoms with E-state index in [1.165, 1.54) is 5.56 Å². The zero-order chi connectivity index (χ0) is 6.53. The van der Waals surface area contributed by atoms with E-state index < -0.39 is 0 Å². The molecule has 0 aliphatic carbocycles. The Bertz CT molecular complexity index is 194. The first-order valence-corrected chi connectivity index (χ1v) is 3.11. The second kappa shape index (κ2) is 8.72. The van der Waals surface area contributed by atoms with Crippen LogP contribution in [-0.2, 0) is 27.7 Å². The molecule has 0 bridgehead atoms. The van der Waals surface area contributed by atoms with E-state index in [-0.39, 0.29) is 51.6 Å². The van der Waals surface area contributed by atoms with Crippen LogP contribution in [0.1, 0.15) is 12.5 Å². The molecule has 0 saturated carbocycles.